The van der Waals surface area contributed by atoms with Crippen LogP contribution in [0.3, 0.4) is 0 Å². The van der Waals surface area contributed by atoms with Crippen molar-refractivity contribution in [3.05, 3.63) is 54.3 Å². The van der Waals surface area contributed by atoms with E-state index in [1.54, 1.807) is 12.1 Å². The Morgan fingerprint density at radius 1 is 1.10 bits per heavy atom. The van der Waals surface area contributed by atoms with Crippen molar-refractivity contribution in [3.63, 3.8) is 0 Å². The molecule has 0 saturated carbocycles. The summed E-state index contributed by atoms with van der Waals surface area (Å²) in [5, 5.41) is 2.81. The van der Waals surface area contributed by atoms with Gasteiger partial charge in [-0.15, -0.1) is 0 Å². The first-order chi connectivity index (χ1) is 14.9. The molecule has 2 aromatic rings. The Morgan fingerprint density at radius 3 is 2.39 bits per heavy atom. The first-order valence-electron chi connectivity index (χ1n) is 10.3. The van der Waals surface area contributed by atoms with Gasteiger partial charge in [-0.25, -0.2) is 12.8 Å². The predicted octanol–water partition coefficient (Wildman–Crippen LogP) is 2.82. The molecule has 1 aliphatic rings. The molecule has 0 aliphatic carbocycles. The molecular formula is C22H27FN2O5S. The highest BCUT2D eigenvalue weighted by molar-refractivity contribution is 7.89. The lowest BCUT2D eigenvalue weighted by Crippen LogP contribution is -2.45. The van der Waals surface area contributed by atoms with E-state index in [1.807, 2.05) is 19.1 Å². The number of carbonyl (C=O) groups excluding carboxylic acids is 1. The summed E-state index contributed by atoms with van der Waals surface area (Å²) in [4.78, 5) is 12.6. The van der Waals surface area contributed by atoms with Gasteiger partial charge in [-0.3, -0.25) is 4.79 Å². The third kappa shape index (κ3) is 6.18. The van der Waals surface area contributed by atoms with E-state index < -0.39 is 21.8 Å². The van der Waals surface area contributed by atoms with Crippen molar-refractivity contribution in [2.45, 2.75) is 24.7 Å². The molecule has 1 unspecified atom stereocenters. The van der Waals surface area contributed by atoms with Gasteiger partial charge in [0.15, 0.2) is 0 Å². The maximum Gasteiger partial charge on any atom is 0.243 e. The van der Waals surface area contributed by atoms with Gasteiger partial charge in [-0.05, 0) is 68.3 Å². The van der Waals surface area contributed by atoms with Gasteiger partial charge >= 0.3 is 0 Å². The van der Waals surface area contributed by atoms with Gasteiger partial charge in [0.1, 0.15) is 23.9 Å². The fourth-order valence-electron chi connectivity index (χ4n) is 3.42. The molecule has 3 rings (SSSR count). The van der Waals surface area contributed by atoms with Crippen LogP contribution in [0.5, 0.6) is 11.5 Å². The van der Waals surface area contributed by atoms with Gasteiger partial charge in [0.2, 0.25) is 15.9 Å². The zero-order valence-electron chi connectivity index (χ0n) is 17.4. The molecule has 1 N–H and O–H groups in total. The number of piperidine rings is 1. The van der Waals surface area contributed by atoms with Gasteiger partial charge < -0.3 is 14.8 Å². The lowest BCUT2D eigenvalue weighted by Gasteiger charge is -2.31. The Morgan fingerprint density at radius 2 is 1.74 bits per heavy atom. The van der Waals surface area contributed by atoms with Crippen LogP contribution in [0.4, 0.5) is 4.39 Å². The van der Waals surface area contributed by atoms with E-state index in [0.717, 1.165) is 17.9 Å². The second-order valence-electron chi connectivity index (χ2n) is 7.20. The number of nitrogens with zero attached hydrogens (tertiary/aromatic N) is 1. The topological polar surface area (TPSA) is 84.9 Å². The van der Waals surface area contributed by atoms with Crippen LogP contribution in [-0.2, 0) is 14.8 Å². The third-order valence-corrected chi connectivity index (χ3v) is 6.89. The number of amides is 1. The monoisotopic (exact) mass is 450 g/mol. The molecule has 1 fully saturated rings. The second-order valence-corrected chi connectivity index (χ2v) is 9.14. The molecule has 1 heterocycles. The van der Waals surface area contributed by atoms with Crippen molar-refractivity contribution < 1.29 is 27.1 Å². The summed E-state index contributed by atoms with van der Waals surface area (Å²) in [5.74, 6) is 0.304. The molecule has 31 heavy (non-hydrogen) atoms. The highest BCUT2D eigenvalue weighted by atomic mass is 32.2. The van der Waals surface area contributed by atoms with Crippen molar-refractivity contribution in [2.75, 3.05) is 32.8 Å². The Kier molecular flexibility index (Phi) is 7.86. The molecule has 7 nitrogen and oxygen atoms in total. The van der Waals surface area contributed by atoms with Crippen LogP contribution in [0, 0.1) is 11.7 Å². The number of sulfonamides is 1. The van der Waals surface area contributed by atoms with Gasteiger partial charge in [0.05, 0.1) is 24.0 Å². The minimum absolute atomic E-state index is 0.0266. The summed E-state index contributed by atoms with van der Waals surface area (Å²) in [6.45, 7) is 3.56. The van der Waals surface area contributed by atoms with Gasteiger partial charge in [0.25, 0.3) is 0 Å². The summed E-state index contributed by atoms with van der Waals surface area (Å²) in [5.41, 5.74) is 0. The van der Waals surface area contributed by atoms with Crippen LogP contribution >= 0.6 is 0 Å². The SMILES string of the molecule is CCOc1ccc(OCCNC(=O)C2CCCN(S(=O)(=O)c3ccc(F)cc3)C2)cc1. The molecule has 0 spiro atoms. The highest BCUT2D eigenvalue weighted by Crippen LogP contribution is 2.24. The van der Waals surface area contributed by atoms with Crippen molar-refractivity contribution in [1.82, 2.24) is 9.62 Å². The predicted molar refractivity (Wildman–Crippen MR) is 114 cm³/mol. The number of hydrogen-bond donors (Lipinski definition) is 1. The molecule has 0 aromatic heterocycles. The fourth-order valence-corrected chi connectivity index (χ4v) is 4.94. The highest BCUT2D eigenvalue weighted by Gasteiger charge is 2.33. The van der Waals surface area contributed by atoms with E-state index >= 15 is 0 Å². The minimum Gasteiger partial charge on any atom is -0.494 e. The number of benzene rings is 2. The zero-order chi connectivity index (χ0) is 22.3. The Hall–Kier alpha value is -2.65. The smallest absolute Gasteiger partial charge is 0.243 e. The second kappa shape index (κ2) is 10.6. The van der Waals surface area contributed by atoms with Crippen LogP contribution in [-0.4, -0.2) is 51.5 Å². The molecular weight excluding hydrogens is 423 g/mol. The van der Waals surface area contributed by atoms with Crippen molar-refractivity contribution in [3.8, 4) is 11.5 Å². The first kappa shape index (κ1) is 23.0. The van der Waals surface area contributed by atoms with Gasteiger partial charge in [-0.2, -0.15) is 4.31 Å². The van der Waals surface area contributed by atoms with Crippen LogP contribution < -0.4 is 14.8 Å². The Labute approximate surface area is 182 Å². The molecule has 2 aromatic carbocycles. The van der Waals surface area contributed by atoms with Crippen LogP contribution in [0.25, 0.3) is 0 Å². The number of rotatable bonds is 9. The normalized spacial score (nSPS) is 17.2. The van der Waals surface area contributed by atoms with E-state index in [1.165, 1.54) is 16.4 Å². The summed E-state index contributed by atoms with van der Waals surface area (Å²) in [6.07, 6.45) is 1.20. The fraction of sp³-hybridized carbons (Fsp3) is 0.409. The number of hydrogen-bond acceptors (Lipinski definition) is 5. The molecule has 1 amide bonds. The molecule has 0 bridgehead atoms. The summed E-state index contributed by atoms with van der Waals surface area (Å²) in [7, 11) is -3.76. The molecule has 168 valence electrons. The largest absolute Gasteiger partial charge is 0.494 e. The lowest BCUT2D eigenvalue weighted by atomic mass is 9.99. The molecule has 9 heteroatoms. The number of carbonyl (C=O) groups is 1. The Balaban J connectivity index is 1.47. The number of ether oxygens (including phenoxy) is 2. The minimum atomic E-state index is -3.76. The van der Waals surface area contributed by atoms with E-state index in [-0.39, 0.29) is 17.3 Å². The van der Waals surface area contributed by atoms with Crippen molar-refractivity contribution in [2.24, 2.45) is 5.92 Å². The molecule has 0 radical (unpaired) electrons. The maximum absolute atomic E-state index is 13.1. The van der Waals surface area contributed by atoms with Crippen LogP contribution in [0.2, 0.25) is 0 Å². The van der Waals surface area contributed by atoms with E-state index in [4.69, 9.17) is 9.47 Å². The molecule has 1 aliphatic heterocycles. The average Bonchev–Trinajstić information content (AvgIpc) is 2.78. The van der Waals surface area contributed by atoms with Gasteiger partial charge in [-0.1, -0.05) is 0 Å². The van der Waals surface area contributed by atoms with Crippen LogP contribution in [0.1, 0.15) is 19.8 Å². The summed E-state index contributed by atoms with van der Waals surface area (Å²) < 4.78 is 51.0. The number of nitrogens with one attached hydrogen (secondary N) is 1. The van der Waals surface area contributed by atoms with Crippen molar-refractivity contribution >= 4 is 15.9 Å². The average molecular weight is 451 g/mol. The standard InChI is InChI=1S/C22H27FN2O5S/c1-2-29-19-7-9-20(10-8-19)30-15-13-24-22(26)17-4-3-14-25(16-17)31(27,28)21-11-5-18(23)6-12-21/h5-12,17H,2-4,13-16H2,1H3,(H,24,26). The van der Waals surface area contributed by atoms with E-state index in [0.29, 0.717) is 44.9 Å². The molecule has 1 atom stereocenters. The maximum atomic E-state index is 13.1. The van der Waals surface area contributed by atoms with E-state index in [9.17, 15) is 17.6 Å². The Bertz CT molecular complexity index is 964. The summed E-state index contributed by atoms with van der Waals surface area (Å²) >= 11 is 0. The molecule has 1 saturated heterocycles. The number of halogens is 1. The lowest BCUT2D eigenvalue weighted by molar-refractivity contribution is -0.126. The van der Waals surface area contributed by atoms with Crippen molar-refractivity contribution in [1.29, 1.82) is 0 Å². The first-order valence-corrected chi connectivity index (χ1v) is 11.7. The quantitative estimate of drug-likeness (QED) is 0.594. The van der Waals surface area contributed by atoms with Crippen LogP contribution in [0.15, 0.2) is 53.4 Å². The van der Waals surface area contributed by atoms with E-state index in [2.05, 4.69) is 5.32 Å². The van der Waals surface area contributed by atoms with Gasteiger partial charge in [0, 0.05) is 13.1 Å². The zero-order valence-corrected chi connectivity index (χ0v) is 18.2. The summed E-state index contributed by atoms with van der Waals surface area (Å²) in [6, 6.07) is 11.9. The third-order valence-electron chi connectivity index (χ3n) is 5.01.